The van der Waals surface area contributed by atoms with Crippen LogP contribution in [0.4, 0.5) is 5.69 Å². The highest BCUT2D eigenvalue weighted by Crippen LogP contribution is 2.28. The van der Waals surface area contributed by atoms with Gasteiger partial charge in [-0.2, -0.15) is 4.99 Å². The lowest BCUT2D eigenvalue weighted by Gasteiger charge is -2.27. The van der Waals surface area contributed by atoms with Crippen molar-refractivity contribution in [1.29, 1.82) is 0 Å². The van der Waals surface area contributed by atoms with Crippen LogP contribution in [0.3, 0.4) is 0 Å². The molecule has 128 valence electrons. The van der Waals surface area contributed by atoms with Crippen LogP contribution in [0.5, 0.6) is 0 Å². The zero-order chi connectivity index (χ0) is 17.1. The molecule has 6 nitrogen and oxygen atoms in total. The molecule has 0 unspecified atom stereocenters. The molecule has 1 atom stereocenters. The molecule has 1 saturated heterocycles. The summed E-state index contributed by atoms with van der Waals surface area (Å²) in [4.78, 5) is 30.3. The minimum Gasteiger partial charge on any atom is -0.378 e. The number of amidine groups is 1. The standard InChI is InChI=1S/C15H15Cl2N3O3S/c16-9-5-10(17)7-11(6-9)18-13(21)8-12-14(22)19-15(24-12)20-1-3-23-4-2-20/h5-7,12H,1-4,8H2,(H,18,21)/t12-/m0/s1. The molecule has 1 fully saturated rings. The van der Waals surface area contributed by atoms with Crippen LogP contribution in [0.15, 0.2) is 23.2 Å². The summed E-state index contributed by atoms with van der Waals surface area (Å²) in [6, 6.07) is 4.78. The van der Waals surface area contributed by atoms with E-state index < -0.39 is 5.25 Å². The predicted molar refractivity (Wildman–Crippen MR) is 95.9 cm³/mol. The Morgan fingerprint density at radius 2 is 1.96 bits per heavy atom. The Bertz CT molecular complexity index is 672. The first-order valence-corrected chi connectivity index (χ1v) is 9.02. The summed E-state index contributed by atoms with van der Waals surface area (Å²) < 4.78 is 5.29. The first kappa shape index (κ1) is 17.5. The van der Waals surface area contributed by atoms with Crippen molar-refractivity contribution in [3.8, 4) is 0 Å². The number of aliphatic imine (C=N–C) groups is 1. The van der Waals surface area contributed by atoms with Gasteiger partial charge in [0.2, 0.25) is 5.91 Å². The second-order valence-electron chi connectivity index (χ2n) is 5.35. The molecule has 0 bridgehead atoms. The van der Waals surface area contributed by atoms with Crippen LogP contribution in [0.1, 0.15) is 6.42 Å². The number of ether oxygens (including phenoxy) is 1. The van der Waals surface area contributed by atoms with Crippen LogP contribution in [0.2, 0.25) is 10.0 Å². The van der Waals surface area contributed by atoms with Crippen molar-refractivity contribution in [3.05, 3.63) is 28.2 Å². The van der Waals surface area contributed by atoms with Gasteiger partial charge in [0.05, 0.1) is 13.2 Å². The van der Waals surface area contributed by atoms with Crippen LogP contribution >= 0.6 is 35.0 Å². The van der Waals surface area contributed by atoms with Gasteiger partial charge >= 0.3 is 0 Å². The summed E-state index contributed by atoms with van der Waals surface area (Å²) in [5.74, 6) is -0.557. The minimum absolute atomic E-state index is 0.0466. The molecule has 2 heterocycles. The molecular weight excluding hydrogens is 373 g/mol. The Hall–Kier alpha value is -1.28. The van der Waals surface area contributed by atoms with E-state index in [0.29, 0.717) is 47.2 Å². The molecule has 0 spiro atoms. The third-order valence-corrected chi connectivity index (χ3v) is 5.18. The first-order chi connectivity index (χ1) is 11.5. The summed E-state index contributed by atoms with van der Waals surface area (Å²) >= 11 is 13.1. The fourth-order valence-electron chi connectivity index (χ4n) is 2.41. The Balaban J connectivity index is 1.56. The number of thioether (sulfide) groups is 1. The van der Waals surface area contributed by atoms with Gasteiger partial charge in [0.15, 0.2) is 5.17 Å². The second kappa shape index (κ2) is 7.74. The van der Waals surface area contributed by atoms with Crippen molar-refractivity contribution in [2.75, 3.05) is 31.6 Å². The van der Waals surface area contributed by atoms with Crippen molar-refractivity contribution in [1.82, 2.24) is 4.90 Å². The number of anilines is 1. The third-order valence-electron chi connectivity index (χ3n) is 3.53. The molecule has 2 amide bonds. The SMILES string of the molecule is O=C(C[C@@H]1SC(N2CCOCC2)=NC1=O)Nc1cc(Cl)cc(Cl)c1. The number of hydrogen-bond donors (Lipinski definition) is 1. The number of benzene rings is 1. The van der Waals surface area contributed by atoms with Crippen LogP contribution in [-0.2, 0) is 14.3 Å². The predicted octanol–water partition coefficient (Wildman–Crippen LogP) is 2.65. The van der Waals surface area contributed by atoms with Gasteiger partial charge in [-0.05, 0) is 18.2 Å². The maximum Gasteiger partial charge on any atom is 0.262 e. The number of rotatable bonds is 3. The quantitative estimate of drug-likeness (QED) is 0.862. The largest absolute Gasteiger partial charge is 0.378 e. The smallest absolute Gasteiger partial charge is 0.262 e. The molecule has 24 heavy (non-hydrogen) atoms. The Kier molecular flexibility index (Phi) is 5.65. The van der Waals surface area contributed by atoms with Crippen molar-refractivity contribution < 1.29 is 14.3 Å². The Morgan fingerprint density at radius 3 is 2.62 bits per heavy atom. The van der Waals surface area contributed by atoms with Gasteiger partial charge in [0.25, 0.3) is 5.91 Å². The number of carbonyl (C=O) groups is 2. The van der Waals surface area contributed by atoms with Gasteiger partial charge in [-0.1, -0.05) is 35.0 Å². The van der Waals surface area contributed by atoms with E-state index in [9.17, 15) is 9.59 Å². The van der Waals surface area contributed by atoms with Crippen LogP contribution < -0.4 is 5.32 Å². The highest BCUT2D eigenvalue weighted by molar-refractivity contribution is 8.15. The highest BCUT2D eigenvalue weighted by atomic mass is 35.5. The number of amides is 2. The van der Waals surface area contributed by atoms with Gasteiger partial charge in [0, 0.05) is 35.2 Å². The second-order valence-corrected chi connectivity index (χ2v) is 7.39. The normalized spacial score (nSPS) is 20.9. The molecule has 1 N–H and O–H groups in total. The zero-order valence-corrected chi connectivity index (χ0v) is 15.0. The molecule has 1 aromatic carbocycles. The topological polar surface area (TPSA) is 71.0 Å². The van der Waals surface area contributed by atoms with Crippen LogP contribution in [0.25, 0.3) is 0 Å². The van der Waals surface area contributed by atoms with Gasteiger partial charge < -0.3 is 15.0 Å². The van der Waals surface area contributed by atoms with E-state index in [2.05, 4.69) is 10.3 Å². The highest BCUT2D eigenvalue weighted by Gasteiger charge is 2.33. The molecule has 2 aliphatic heterocycles. The van der Waals surface area contributed by atoms with E-state index in [-0.39, 0.29) is 18.2 Å². The molecule has 0 saturated carbocycles. The maximum absolute atomic E-state index is 12.2. The van der Waals surface area contributed by atoms with Crippen molar-refractivity contribution in [2.45, 2.75) is 11.7 Å². The van der Waals surface area contributed by atoms with Crippen molar-refractivity contribution >= 4 is 57.6 Å². The van der Waals surface area contributed by atoms with Crippen LogP contribution in [-0.4, -0.2) is 53.4 Å². The fourth-order valence-corrected chi connectivity index (χ4v) is 4.05. The summed E-state index contributed by atoms with van der Waals surface area (Å²) in [7, 11) is 0. The molecule has 0 aromatic heterocycles. The van der Waals surface area contributed by atoms with Crippen molar-refractivity contribution in [3.63, 3.8) is 0 Å². The molecular formula is C15H15Cl2N3O3S. The Morgan fingerprint density at radius 1 is 1.29 bits per heavy atom. The molecule has 2 aliphatic rings. The molecule has 0 radical (unpaired) electrons. The van der Waals surface area contributed by atoms with Gasteiger partial charge in [-0.25, -0.2) is 0 Å². The van der Waals surface area contributed by atoms with Gasteiger partial charge in [-0.15, -0.1) is 0 Å². The summed E-state index contributed by atoms with van der Waals surface area (Å²) in [6.45, 7) is 2.65. The summed E-state index contributed by atoms with van der Waals surface area (Å²) in [6.07, 6.45) is 0.0466. The number of nitrogens with one attached hydrogen (secondary N) is 1. The number of morpholine rings is 1. The molecule has 3 rings (SSSR count). The summed E-state index contributed by atoms with van der Waals surface area (Å²) in [5, 5.41) is 3.74. The number of halogens is 2. The molecule has 0 aliphatic carbocycles. The lowest BCUT2D eigenvalue weighted by atomic mass is 10.2. The van der Waals surface area contributed by atoms with E-state index >= 15 is 0 Å². The minimum atomic E-state index is -0.502. The zero-order valence-electron chi connectivity index (χ0n) is 12.6. The fraction of sp³-hybridized carbons (Fsp3) is 0.400. The lowest BCUT2D eigenvalue weighted by Crippen LogP contribution is -2.39. The van der Waals surface area contributed by atoms with E-state index in [4.69, 9.17) is 27.9 Å². The molecule has 1 aromatic rings. The third kappa shape index (κ3) is 4.42. The first-order valence-electron chi connectivity index (χ1n) is 7.39. The summed E-state index contributed by atoms with van der Waals surface area (Å²) in [5.41, 5.74) is 0.502. The van der Waals surface area contributed by atoms with Crippen molar-refractivity contribution in [2.24, 2.45) is 4.99 Å². The monoisotopic (exact) mass is 387 g/mol. The van der Waals surface area contributed by atoms with E-state index in [1.807, 2.05) is 4.90 Å². The Labute approximate surface area is 153 Å². The van der Waals surface area contributed by atoms with Crippen LogP contribution in [0, 0.1) is 0 Å². The number of nitrogens with zero attached hydrogens (tertiary/aromatic N) is 2. The average molecular weight is 388 g/mol. The number of carbonyl (C=O) groups excluding carboxylic acids is 2. The van der Waals surface area contributed by atoms with E-state index in [1.54, 1.807) is 18.2 Å². The maximum atomic E-state index is 12.2. The van der Waals surface area contributed by atoms with Gasteiger partial charge in [0.1, 0.15) is 5.25 Å². The lowest BCUT2D eigenvalue weighted by molar-refractivity contribution is -0.121. The average Bonchev–Trinajstić information content (AvgIpc) is 2.88. The van der Waals surface area contributed by atoms with E-state index in [1.165, 1.54) is 11.8 Å². The molecule has 9 heteroatoms. The number of hydrogen-bond acceptors (Lipinski definition) is 5. The van der Waals surface area contributed by atoms with Gasteiger partial charge in [-0.3, -0.25) is 9.59 Å². The van der Waals surface area contributed by atoms with E-state index in [0.717, 1.165) is 0 Å².